The van der Waals surface area contributed by atoms with E-state index in [1.165, 1.54) is 5.56 Å². The molecule has 4 nitrogen and oxygen atoms in total. The second-order valence-electron chi connectivity index (χ2n) is 5.85. The Bertz CT molecular complexity index is 680. The van der Waals surface area contributed by atoms with Gasteiger partial charge in [-0.1, -0.05) is 36.8 Å². The minimum Gasteiger partial charge on any atom is -0.497 e. The first kappa shape index (κ1) is 17.9. The van der Waals surface area contributed by atoms with Crippen LogP contribution in [0.4, 0.5) is 0 Å². The van der Waals surface area contributed by atoms with Gasteiger partial charge in [-0.15, -0.1) is 0 Å². The minimum absolute atomic E-state index is 0.103. The lowest BCUT2D eigenvalue weighted by Crippen LogP contribution is -2.37. The number of carbonyl (C=O) groups is 1. The molecule has 0 saturated heterocycles. The first-order chi connectivity index (χ1) is 11.5. The van der Waals surface area contributed by atoms with Crippen molar-refractivity contribution in [2.45, 2.75) is 39.8 Å². The van der Waals surface area contributed by atoms with Gasteiger partial charge in [-0.05, 0) is 49.6 Å². The molecular formula is C20H25NO3. The Morgan fingerprint density at radius 1 is 1.12 bits per heavy atom. The number of benzene rings is 2. The lowest BCUT2D eigenvalue weighted by molar-refractivity contribution is -0.128. The zero-order valence-corrected chi connectivity index (χ0v) is 14.8. The van der Waals surface area contributed by atoms with Crippen molar-refractivity contribution in [1.29, 1.82) is 0 Å². The Balaban J connectivity index is 1.95. The molecule has 0 radical (unpaired) electrons. The van der Waals surface area contributed by atoms with Gasteiger partial charge in [0.2, 0.25) is 0 Å². The van der Waals surface area contributed by atoms with E-state index in [1.54, 1.807) is 7.11 Å². The zero-order chi connectivity index (χ0) is 17.5. The van der Waals surface area contributed by atoms with Gasteiger partial charge < -0.3 is 14.8 Å². The topological polar surface area (TPSA) is 47.6 Å². The molecule has 0 unspecified atom stereocenters. The number of rotatable bonds is 7. The van der Waals surface area contributed by atoms with E-state index in [9.17, 15) is 4.79 Å². The van der Waals surface area contributed by atoms with Gasteiger partial charge >= 0.3 is 0 Å². The van der Waals surface area contributed by atoms with Gasteiger partial charge in [0.15, 0.2) is 6.10 Å². The molecule has 0 bridgehead atoms. The van der Waals surface area contributed by atoms with Crippen molar-refractivity contribution in [3.05, 3.63) is 59.2 Å². The predicted molar refractivity (Wildman–Crippen MR) is 95.5 cm³/mol. The molecule has 0 heterocycles. The van der Waals surface area contributed by atoms with Crippen LogP contribution < -0.4 is 14.8 Å². The summed E-state index contributed by atoms with van der Waals surface area (Å²) >= 11 is 0. The van der Waals surface area contributed by atoms with Crippen molar-refractivity contribution in [3.63, 3.8) is 0 Å². The molecule has 1 atom stereocenters. The third kappa shape index (κ3) is 4.75. The fraction of sp³-hybridized carbons (Fsp3) is 0.350. The highest BCUT2D eigenvalue weighted by Crippen LogP contribution is 2.21. The van der Waals surface area contributed by atoms with Gasteiger partial charge in [0.25, 0.3) is 5.91 Å². The average Bonchev–Trinajstić information content (AvgIpc) is 2.59. The first-order valence-corrected chi connectivity index (χ1v) is 8.18. The molecule has 2 aromatic carbocycles. The van der Waals surface area contributed by atoms with Gasteiger partial charge in [-0.3, -0.25) is 4.79 Å². The Morgan fingerprint density at radius 2 is 1.83 bits per heavy atom. The molecule has 0 fully saturated rings. The van der Waals surface area contributed by atoms with E-state index in [0.29, 0.717) is 13.0 Å². The number of carbonyl (C=O) groups excluding carboxylic acids is 1. The highest BCUT2D eigenvalue weighted by molar-refractivity contribution is 5.81. The zero-order valence-electron chi connectivity index (χ0n) is 14.8. The lowest BCUT2D eigenvalue weighted by atomic mass is 10.1. The van der Waals surface area contributed by atoms with Crippen LogP contribution in [0.3, 0.4) is 0 Å². The fourth-order valence-electron chi connectivity index (χ4n) is 2.45. The molecule has 1 N–H and O–H groups in total. The second kappa shape index (κ2) is 8.39. The molecule has 0 saturated carbocycles. The molecular weight excluding hydrogens is 302 g/mol. The maximum atomic E-state index is 12.4. The lowest BCUT2D eigenvalue weighted by Gasteiger charge is -2.19. The fourth-order valence-corrected chi connectivity index (χ4v) is 2.45. The standard InChI is InChI=1S/C20H25NO3/c1-5-18(24-19-11-6-14(2)12-15(19)3)20(22)21-13-16-7-9-17(23-4)10-8-16/h6-12,18H,5,13H2,1-4H3,(H,21,22)/t18-/m1/s1. The van der Waals surface area contributed by atoms with Crippen molar-refractivity contribution < 1.29 is 14.3 Å². The van der Waals surface area contributed by atoms with Crippen LogP contribution in [0.5, 0.6) is 11.5 Å². The van der Waals surface area contributed by atoms with Gasteiger partial charge in [0, 0.05) is 6.54 Å². The molecule has 0 spiro atoms. The summed E-state index contributed by atoms with van der Waals surface area (Å²) in [5.74, 6) is 1.45. The van der Waals surface area contributed by atoms with Crippen LogP contribution in [0.25, 0.3) is 0 Å². The van der Waals surface area contributed by atoms with E-state index in [2.05, 4.69) is 11.4 Å². The van der Waals surface area contributed by atoms with Crippen molar-refractivity contribution in [1.82, 2.24) is 5.32 Å². The normalized spacial score (nSPS) is 11.7. The second-order valence-corrected chi connectivity index (χ2v) is 5.85. The van der Waals surface area contributed by atoms with Crippen LogP contribution in [0.2, 0.25) is 0 Å². The van der Waals surface area contributed by atoms with E-state index in [0.717, 1.165) is 22.6 Å². The van der Waals surface area contributed by atoms with Crippen LogP contribution >= 0.6 is 0 Å². The summed E-state index contributed by atoms with van der Waals surface area (Å²) in [6.45, 7) is 6.44. The maximum absolute atomic E-state index is 12.4. The molecule has 0 aromatic heterocycles. The summed E-state index contributed by atoms with van der Waals surface area (Å²) in [5.41, 5.74) is 3.23. The van der Waals surface area contributed by atoms with Crippen LogP contribution in [-0.4, -0.2) is 19.1 Å². The Hall–Kier alpha value is -2.49. The average molecular weight is 327 g/mol. The smallest absolute Gasteiger partial charge is 0.261 e. The van der Waals surface area contributed by atoms with Crippen LogP contribution in [0.1, 0.15) is 30.0 Å². The number of ether oxygens (including phenoxy) is 2. The third-order valence-corrected chi connectivity index (χ3v) is 3.89. The molecule has 24 heavy (non-hydrogen) atoms. The van der Waals surface area contributed by atoms with E-state index >= 15 is 0 Å². The number of hydrogen-bond acceptors (Lipinski definition) is 3. The number of nitrogens with one attached hydrogen (secondary N) is 1. The molecule has 2 aromatic rings. The van der Waals surface area contributed by atoms with Crippen molar-refractivity contribution >= 4 is 5.91 Å². The monoisotopic (exact) mass is 327 g/mol. The van der Waals surface area contributed by atoms with E-state index < -0.39 is 6.10 Å². The third-order valence-electron chi connectivity index (χ3n) is 3.89. The molecule has 4 heteroatoms. The van der Waals surface area contributed by atoms with Crippen molar-refractivity contribution in [2.24, 2.45) is 0 Å². The van der Waals surface area contributed by atoms with Crippen molar-refractivity contribution in [3.8, 4) is 11.5 Å². The Kier molecular flexibility index (Phi) is 6.24. The van der Waals surface area contributed by atoms with Crippen LogP contribution in [0, 0.1) is 13.8 Å². The van der Waals surface area contributed by atoms with Gasteiger partial charge in [-0.25, -0.2) is 0 Å². The minimum atomic E-state index is -0.496. The Morgan fingerprint density at radius 3 is 2.42 bits per heavy atom. The summed E-state index contributed by atoms with van der Waals surface area (Å²) in [5, 5.41) is 2.93. The molecule has 1 amide bonds. The number of amides is 1. The van der Waals surface area contributed by atoms with E-state index in [-0.39, 0.29) is 5.91 Å². The summed E-state index contributed by atoms with van der Waals surface area (Å²) in [6, 6.07) is 13.6. The van der Waals surface area contributed by atoms with E-state index in [1.807, 2.05) is 57.2 Å². The van der Waals surface area contributed by atoms with Crippen LogP contribution in [0.15, 0.2) is 42.5 Å². The summed E-state index contributed by atoms with van der Waals surface area (Å²) < 4.78 is 11.0. The van der Waals surface area contributed by atoms with E-state index in [4.69, 9.17) is 9.47 Å². The Labute approximate surface area is 143 Å². The number of hydrogen-bond donors (Lipinski definition) is 1. The molecule has 128 valence electrons. The highest BCUT2D eigenvalue weighted by atomic mass is 16.5. The molecule has 0 aliphatic carbocycles. The molecule has 0 aliphatic rings. The highest BCUT2D eigenvalue weighted by Gasteiger charge is 2.18. The molecule has 0 aliphatic heterocycles. The summed E-state index contributed by atoms with van der Waals surface area (Å²) in [4.78, 5) is 12.4. The summed E-state index contributed by atoms with van der Waals surface area (Å²) in [7, 11) is 1.63. The first-order valence-electron chi connectivity index (χ1n) is 8.18. The SMILES string of the molecule is CC[C@@H](Oc1ccc(C)cc1C)C(=O)NCc1ccc(OC)cc1. The molecule has 2 rings (SSSR count). The van der Waals surface area contributed by atoms with Crippen LogP contribution in [-0.2, 0) is 11.3 Å². The van der Waals surface area contributed by atoms with Gasteiger partial charge in [-0.2, -0.15) is 0 Å². The largest absolute Gasteiger partial charge is 0.497 e. The summed E-state index contributed by atoms with van der Waals surface area (Å²) in [6.07, 6.45) is 0.117. The quantitative estimate of drug-likeness (QED) is 0.842. The number of aryl methyl sites for hydroxylation is 2. The predicted octanol–water partition coefficient (Wildman–Crippen LogP) is 3.79. The van der Waals surface area contributed by atoms with Crippen molar-refractivity contribution in [2.75, 3.05) is 7.11 Å². The van der Waals surface area contributed by atoms with Gasteiger partial charge in [0.05, 0.1) is 7.11 Å². The van der Waals surface area contributed by atoms with Gasteiger partial charge in [0.1, 0.15) is 11.5 Å². The maximum Gasteiger partial charge on any atom is 0.261 e. The number of methoxy groups -OCH3 is 1.